The smallest absolute Gasteiger partial charge is 0.323 e. The second-order valence-electron chi connectivity index (χ2n) is 26.1. The third-order valence-electron chi connectivity index (χ3n) is 18.6. The van der Waals surface area contributed by atoms with Gasteiger partial charge in [-0.2, -0.15) is 0 Å². The number of hydrogen-bond donors (Lipinski definition) is 27. The summed E-state index contributed by atoms with van der Waals surface area (Å²) in [5.41, 5.74) is 10.8. The molecule has 16 fully saturated rings. The van der Waals surface area contributed by atoms with Gasteiger partial charge in [0.25, 0.3) is 10.5 Å². The number of fused-ring (bicyclic) bond motifs is 3. The van der Waals surface area contributed by atoms with Gasteiger partial charge in [-0.1, -0.05) is 30.1 Å². The lowest BCUT2D eigenvalue weighted by molar-refractivity contribution is -0.395. The highest BCUT2D eigenvalue weighted by Gasteiger charge is 2.60. The fourth-order valence-electron chi connectivity index (χ4n) is 13.3. The minimum Gasteiger partial charge on any atom is -0.394 e. The lowest BCUT2D eigenvalue weighted by Crippen LogP contribution is -2.68. The summed E-state index contributed by atoms with van der Waals surface area (Å²) in [4.78, 5) is 54.4. The van der Waals surface area contributed by atoms with Gasteiger partial charge in [0, 0.05) is 45.6 Å². The van der Waals surface area contributed by atoms with E-state index in [1.165, 1.54) is 36.4 Å². The van der Waals surface area contributed by atoms with E-state index in [-0.39, 0.29) is 39.9 Å². The number of carbonyl (C=O) groups excluding carboxylic acids is 4. The number of urea groups is 2. The summed E-state index contributed by atoms with van der Waals surface area (Å²) < 4.78 is 83.0. The maximum atomic E-state index is 14.2. The van der Waals surface area contributed by atoms with E-state index in [9.17, 15) is 116 Å². The SMILES string of the molecule is C=C(N)Nc1cc2cc(c1)NC(=O)SCC1OC3OC4C(CO)OC(OC5C(CO)OC(OC6C(CSC(=O)Nc7cc(NC(N)=O)cc(c7)NC(=O)N2)OC(OC2C(CO)OC(OC7C(CO)OC(OC8C(CO)OC(OC1C(O)C3O)C(O)C8O)C(O)C7O)C(O)C2O)C(O)C6O)C(O)C5O)C(O)C4O. The van der Waals surface area contributed by atoms with Crippen LogP contribution in [0.1, 0.15) is 0 Å². The molecule has 21 rings (SSSR count). The Bertz CT molecular complexity index is 3360. The van der Waals surface area contributed by atoms with Crippen molar-refractivity contribution < 1.29 is 183 Å². The van der Waals surface area contributed by atoms with Gasteiger partial charge in [-0.3, -0.25) is 9.59 Å². The van der Waals surface area contributed by atoms with Gasteiger partial charge < -0.3 is 207 Å². The van der Waals surface area contributed by atoms with Gasteiger partial charge in [0.15, 0.2) is 44.0 Å². The highest BCUT2D eigenvalue weighted by atomic mass is 32.2. The molecule has 2 aromatic carbocycles. The molecule has 107 heavy (non-hydrogen) atoms. The summed E-state index contributed by atoms with van der Waals surface area (Å²) in [5, 5.41) is 232. The van der Waals surface area contributed by atoms with E-state index in [0.717, 1.165) is 0 Å². The highest BCUT2D eigenvalue weighted by Crippen LogP contribution is 2.41. The van der Waals surface area contributed by atoms with Crippen LogP contribution in [0.5, 0.6) is 0 Å². The normalized spacial score (nSPS) is 44.1. The zero-order valence-corrected chi connectivity index (χ0v) is 57.3. The Kier molecular flexibility index (Phi) is 27.4. The van der Waals surface area contributed by atoms with Crippen molar-refractivity contribution in [1.29, 1.82) is 0 Å². The standard InChI is InChI=1S/C60H86N8O37S2/c1-15(61)63-16-2-18-6-20(3-16)67-59(90)106-13-27-48-34(79)41(86)55(97-27)102-47-26(12-73)94-52(38(83)31(47)76)101-45-24(10-71)96-54(40(85)33(45)78)105-49-28(14-107-60(91)68-21-5-17(64-57(62)88)4-19(7-21)66-58(89)65-18)98-56(42(87)35(49)80)103-46-25(11-72)93-51(37(82)30(46)75)99-43-22(8-69)92-50(36(81)29(43)74)100-44-23(9-70)95-53(104-48)39(84)32(44)77/h2-7,22-56,63,69-87H,1,8-14,61H2,(H,67,90)(H,68,91)(H3,62,64,88)(H2,65,66,89). The molecule has 45 nitrogen and oxygen atoms in total. The summed E-state index contributed by atoms with van der Waals surface area (Å²) in [6.45, 7) is -2.06. The van der Waals surface area contributed by atoms with Crippen LogP contribution in [0.15, 0.2) is 48.8 Å². The van der Waals surface area contributed by atoms with Crippen LogP contribution >= 0.6 is 23.5 Å². The first-order valence-electron chi connectivity index (χ1n) is 33.2. The lowest BCUT2D eigenvalue weighted by Gasteiger charge is -2.50. The minimum atomic E-state index is -2.36. The van der Waals surface area contributed by atoms with Crippen LogP contribution in [0.4, 0.5) is 53.3 Å². The molecule has 0 aromatic heterocycles. The Balaban J connectivity index is 1.00. The number of thioether (sulfide) groups is 2. The molecule has 0 spiro atoms. The molecule has 19 aliphatic heterocycles. The van der Waals surface area contributed by atoms with Crippen molar-refractivity contribution >= 4 is 80.2 Å². The zero-order valence-electron chi connectivity index (χ0n) is 55.6. The average Bonchev–Trinajstić information content (AvgIpc) is 0.796. The number of amides is 6. The van der Waals surface area contributed by atoms with Crippen molar-refractivity contribution in [1.82, 2.24) is 0 Å². The van der Waals surface area contributed by atoms with Gasteiger partial charge in [-0.05, 0) is 36.4 Å². The zero-order chi connectivity index (χ0) is 77.3. The molecule has 29 N–H and O–H groups in total. The summed E-state index contributed by atoms with van der Waals surface area (Å²) >= 11 is 0.720. The summed E-state index contributed by atoms with van der Waals surface area (Å²) in [6.07, 6.45) is -74.7. The quantitative estimate of drug-likeness (QED) is 0.117. The van der Waals surface area contributed by atoms with Gasteiger partial charge in [-0.25, -0.2) is 9.59 Å². The molecule has 0 saturated carbocycles. The molecule has 16 saturated heterocycles. The number of hydrogen-bond acceptors (Lipinski definition) is 41. The van der Waals surface area contributed by atoms with Crippen molar-refractivity contribution in [3.05, 3.63) is 48.8 Å². The number of aliphatic hydroxyl groups excluding tert-OH is 19. The second kappa shape index (κ2) is 35.6. The topological polar surface area (TPSA) is 706 Å². The van der Waals surface area contributed by atoms with Gasteiger partial charge in [0.1, 0.15) is 159 Å². The number of primary amides is 1. The van der Waals surface area contributed by atoms with Crippen molar-refractivity contribution in [2.24, 2.45) is 11.5 Å². The van der Waals surface area contributed by atoms with Crippen LogP contribution in [0.2, 0.25) is 0 Å². The molecule has 0 radical (unpaired) electrons. The number of benzene rings is 2. The van der Waals surface area contributed by atoms with Crippen LogP contribution in [0, 0.1) is 0 Å². The molecule has 2 aromatic rings. The fourth-order valence-corrected chi connectivity index (χ4v) is 14.9. The van der Waals surface area contributed by atoms with E-state index in [1.54, 1.807) is 0 Å². The maximum absolute atomic E-state index is 14.2. The number of ether oxygens (including phenoxy) is 14. The maximum Gasteiger partial charge on any atom is 0.323 e. The average molecular weight is 1580 g/mol. The first kappa shape index (κ1) is 82.6. The first-order valence-corrected chi connectivity index (χ1v) is 35.2. The molecule has 35 unspecified atom stereocenters. The monoisotopic (exact) mass is 1570 g/mol. The van der Waals surface area contributed by atoms with Crippen LogP contribution in [-0.4, -0.2) is 379 Å². The van der Waals surface area contributed by atoms with Crippen molar-refractivity contribution in [3.63, 3.8) is 0 Å². The second-order valence-corrected chi connectivity index (χ2v) is 28.0. The third kappa shape index (κ3) is 18.4. The molecule has 35 atom stereocenters. The van der Waals surface area contributed by atoms with E-state index in [0.29, 0.717) is 23.5 Å². The predicted octanol–water partition coefficient (Wildman–Crippen LogP) is -9.99. The van der Waals surface area contributed by atoms with Crippen LogP contribution in [0.3, 0.4) is 0 Å². The van der Waals surface area contributed by atoms with E-state index in [4.69, 9.17) is 77.8 Å². The number of aliphatic hydroxyl groups is 19. The highest BCUT2D eigenvalue weighted by molar-refractivity contribution is 8.14. The van der Waals surface area contributed by atoms with E-state index >= 15 is 0 Å². The van der Waals surface area contributed by atoms with Gasteiger partial charge >= 0.3 is 12.1 Å². The summed E-state index contributed by atoms with van der Waals surface area (Å²) in [5.74, 6) is -1.52. The molecule has 0 aliphatic carbocycles. The van der Waals surface area contributed by atoms with Crippen LogP contribution < -0.4 is 43.4 Å². The third-order valence-corrected chi connectivity index (χ3v) is 20.3. The fraction of sp³-hybridized carbons (Fsp3) is 0.700. The predicted molar refractivity (Wildman–Crippen MR) is 353 cm³/mol. The van der Waals surface area contributed by atoms with Gasteiger partial charge in [-0.15, -0.1) is 0 Å². The molecular formula is C60H86N8O37S2. The summed E-state index contributed by atoms with van der Waals surface area (Å²) in [7, 11) is 0. The molecule has 20 bridgehead atoms. The molecule has 6 amide bonds. The molecule has 19 aliphatic rings. The summed E-state index contributed by atoms with van der Waals surface area (Å²) in [6, 6.07) is 5.39. The van der Waals surface area contributed by atoms with E-state index in [1.807, 2.05) is 0 Å². The molecular weight excluding hydrogens is 1490 g/mol. The van der Waals surface area contributed by atoms with Crippen molar-refractivity contribution in [3.8, 4) is 0 Å². The lowest BCUT2D eigenvalue weighted by atomic mass is 9.95. The van der Waals surface area contributed by atoms with E-state index in [2.05, 4.69) is 38.5 Å². The number of carbonyl (C=O) groups is 4. The molecule has 19 heterocycles. The minimum absolute atomic E-state index is 0.0708. The first-order chi connectivity index (χ1) is 50.9. The number of rotatable bonds is 8. The van der Waals surface area contributed by atoms with Crippen molar-refractivity contribution in [2.75, 3.05) is 76.4 Å². The van der Waals surface area contributed by atoms with E-state index < -0.39 is 282 Å². The Morgan fingerprint density at radius 2 is 0.589 bits per heavy atom. The molecule has 600 valence electrons. The van der Waals surface area contributed by atoms with Gasteiger partial charge in [0.05, 0.1) is 51.1 Å². The largest absolute Gasteiger partial charge is 0.394 e. The molecule has 47 heteroatoms. The van der Waals surface area contributed by atoms with Crippen molar-refractivity contribution in [2.45, 2.75) is 215 Å². The Labute approximate surface area is 612 Å². The van der Waals surface area contributed by atoms with Crippen LogP contribution in [-0.2, 0) is 66.3 Å². The number of nitrogens with two attached hydrogens (primary N) is 2. The van der Waals surface area contributed by atoms with Crippen LogP contribution in [0.25, 0.3) is 0 Å². The Hall–Kier alpha value is -5.36. The Morgan fingerprint density at radius 1 is 0.355 bits per heavy atom. The number of anilines is 6. The number of nitrogens with one attached hydrogen (secondary N) is 6. The van der Waals surface area contributed by atoms with Gasteiger partial charge in [0.2, 0.25) is 0 Å². The Morgan fingerprint density at radius 3 is 0.841 bits per heavy atom.